The zero-order valence-corrected chi connectivity index (χ0v) is 5.03. The topological polar surface area (TPSA) is 57.5 Å². The van der Waals surface area contributed by atoms with Crippen LogP contribution in [0.3, 0.4) is 0 Å². The van der Waals surface area contributed by atoms with E-state index in [0.717, 1.165) is 0 Å². The summed E-state index contributed by atoms with van der Waals surface area (Å²) >= 11 is 0. The van der Waals surface area contributed by atoms with Gasteiger partial charge in [-0.05, 0) is 6.42 Å². The van der Waals surface area contributed by atoms with Crippen molar-refractivity contribution in [2.75, 3.05) is 0 Å². The van der Waals surface area contributed by atoms with Crippen LogP contribution < -0.4 is 0 Å². The summed E-state index contributed by atoms with van der Waals surface area (Å²) in [5.41, 5.74) is 0. The standard InChI is InChI=1S/C6H10O3/c1-2-3-5(8)6(9)4-7/h2,4-6,8-9H,1,3H2. The molecule has 3 nitrogen and oxygen atoms in total. The minimum atomic E-state index is -1.28. The smallest absolute Gasteiger partial charge is 0.151 e. The first-order valence-electron chi connectivity index (χ1n) is 2.64. The van der Waals surface area contributed by atoms with E-state index >= 15 is 0 Å². The Morgan fingerprint density at radius 2 is 2.11 bits per heavy atom. The minimum Gasteiger partial charge on any atom is -0.390 e. The Balaban J connectivity index is 3.56. The van der Waals surface area contributed by atoms with E-state index in [1.807, 2.05) is 0 Å². The summed E-state index contributed by atoms with van der Waals surface area (Å²) in [5, 5.41) is 17.4. The highest BCUT2D eigenvalue weighted by molar-refractivity contribution is 5.56. The second kappa shape index (κ2) is 4.23. The SMILES string of the molecule is C=CCC(O)C(O)C=O. The van der Waals surface area contributed by atoms with Gasteiger partial charge >= 0.3 is 0 Å². The molecule has 3 heteroatoms. The monoisotopic (exact) mass is 130 g/mol. The van der Waals surface area contributed by atoms with Gasteiger partial charge in [0.1, 0.15) is 6.10 Å². The molecule has 52 valence electrons. The average Bonchev–Trinajstić information content (AvgIpc) is 1.87. The number of hydrogen-bond donors (Lipinski definition) is 2. The van der Waals surface area contributed by atoms with Crippen LogP contribution >= 0.6 is 0 Å². The molecule has 0 aliphatic carbocycles. The summed E-state index contributed by atoms with van der Waals surface area (Å²) in [7, 11) is 0. The second-order valence-corrected chi connectivity index (χ2v) is 1.72. The second-order valence-electron chi connectivity index (χ2n) is 1.72. The van der Waals surface area contributed by atoms with Crippen molar-refractivity contribution in [3.63, 3.8) is 0 Å². The summed E-state index contributed by atoms with van der Waals surface area (Å²) < 4.78 is 0. The fraction of sp³-hybridized carbons (Fsp3) is 0.500. The number of aliphatic hydroxyl groups is 2. The Hall–Kier alpha value is -0.670. The summed E-state index contributed by atoms with van der Waals surface area (Å²) in [5.74, 6) is 0. The number of hydrogen-bond acceptors (Lipinski definition) is 3. The van der Waals surface area contributed by atoms with Crippen molar-refractivity contribution in [3.05, 3.63) is 12.7 Å². The quantitative estimate of drug-likeness (QED) is 0.398. The molecule has 2 N–H and O–H groups in total. The molecule has 0 amide bonds. The first-order valence-corrected chi connectivity index (χ1v) is 2.64. The summed E-state index contributed by atoms with van der Waals surface area (Å²) in [6.45, 7) is 3.33. The predicted molar refractivity (Wildman–Crippen MR) is 32.9 cm³/mol. The van der Waals surface area contributed by atoms with Crippen molar-refractivity contribution in [2.45, 2.75) is 18.6 Å². The Kier molecular flexibility index (Phi) is 3.92. The average molecular weight is 130 g/mol. The molecule has 0 bridgehead atoms. The van der Waals surface area contributed by atoms with Gasteiger partial charge in [0, 0.05) is 0 Å². The third-order valence-electron chi connectivity index (χ3n) is 0.942. The summed E-state index contributed by atoms with van der Waals surface area (Å²) in [6.07, 6.45) is -0.297. The van der Waals surface area contributed by atoms with E-state index in [1.165, 1.54) is 6.08 Å². The van der Waals surface area contributed by atoms with Crippen molar-refractivity contribution in [1.82, 2.24) is 0 Å². The van der Waals surface area contributed by atoms with Crippen molar-refractivity contribution in [3.8, 4) is 0 Å². The third kappa shape index (κ3) is 3.00. The lowest BCUT2D eigenvalue weighted by atomic mass is 10.1. The molecule has 0 saturated heterocycles. The minimum absolute atomic E-state index is 0.236. The lowest BCUT2D eigenvalue weighted by Gasteiger charge is -2.08. The van der Waals surface area contributed by atoms with E-state index < -0.39 is 12.2 Å². The summed E-state index contributed by atoms with van der Waals surface area (Å²) in [4.78, 5) is 9.78. The van der Waals surface area contributed by atoms with E-state index in [0.29, 0.717) is 6.29 Å². The molecule has 0 radical (unpaired) electrons. The van der Waals surface area contributed by atoms with Crippen LogP contribution in [0, 0.1) is 0 Å². The summed E-state index contributed by atoms with van der Waals surface area (Å²) in [6, 6.07) is 0. The molecule has 0 aliphatic heterocycles. The van der Waals surface area contributed by atoms with Crippen molar-refractivity contribution >= 4 is 6.29 Å². The fourth-order valence-electron chi connectivity index (χ4n) is 0.401. The molecule has 0 aromatic carbocycles. The van der Waals surface area contributed by atoms with Crippen LogP contribution in [0.1, 0.15) is 6.42 Å². The molecular weight excluding hydrogens is 120 g/mol. The van der Waals surface area contributed by atoms with Crippen LogP contribution in [-0.4, -0.2) is 28.7 Å². The molecule has 0 spiro atoms. The highest BCUT2D eigenvalue weighted by atomic mass is 16.3. The highest BCUT2D eigenvalue weighted by Crippen LogP contribution is 1.95. The van der Waals surface area contributed by atoms with Crippen LogP contribution in [0.4, 0.5) is 0 Å². The first kappa shape index (κ1) is 8.33. The van der Waals surface area contributed by atoms with Crippen molar-refractivity contribution in [1.29, 1.82) is 0 Å². The van der Waals surface area contributed by atoms with Gasteiger partial charge in [-0.2, -0.15) is 0 Å². The van der Waals surface area contributed by atoms with Crippen molar-refractivity contribution < 1.29 is 15.0 Å². The van der Waals surface area contributed by atoms with Gasteiger partial charge in [0.25, 0.3) is 0 Å². The molecule has 2 atom stereocenters. The van der Waals surface area contributed by atoms with E-state index in [2.05, 4.69) is 6.58 Å². The van der Waals surface area contributed by atoms with Gasteiger partial charge in [-0.1, -0.05) is 6.08 Å². The van der Waals surface area contributed by atoms with Gasteiger partial charge in [0.05, 0.1) is 6.10 Å². The number of carbonyl (C=O) groups is 1. The van der Waals surface area contributed by atoms with Crippen LogP contribution in [0.5, 0.6) is 0 Å². The van der Waals surface area contributed by atoms with Crippen LogP contribution in [-0.2, 0) is 4.79 Å². The Morgan fingerprint density at radius 1 is 1.56 bits per heavy atom. The molecule has 0 saturated carbocycles. The normalized spacial score (nSPS) is 16.2. The number of carbonyl (C=O) groups excluding carboxylic acids is 1. The number of rotatable bonds is 4. The van der Waals surface area contributed by atoms with E-state index in [1.54, 1.807) is 0 Å². The zero-order chi connectivity index (χ0) is 7.28. The van der Waals surface area contributed by atoms with Crippen molar-refractivity contribution in [2.24, 2.45) is 0 Å². The lowest BCUT2D eigenvalue weighted by molar-refractivity contribution is -0.119. The van der Waals surface area contributed by atoms with Gasteiger partial charge in [-0.15, -0.1) is 6.58 Å². The van der Waals surface area contributed by atoms with Crippen LogP contribution in [0.15, 0.2) is 12.7 Å². The van der Waals surface area contributed by atoms with Gasteiger partial charge in [-0.3, -0.25) is 0 Å². The van der Waals surface area contributed by atoms with E-state index in [9.17, 15) is 4.79 Å². The molecule has 0 heterocycles. The molecule has 0 aliphatic rings. The highest BCUT2D eigenvalue weighted by Gasteiger charge is 2.11. The fourth-order valence-corrected chi connectivity index (χ4v) is 0.401. The maximum Gasteiger partial charge on any atom is 0.151 e. The predicted octanol–water partition coefficient (Wildman–Crippen LogP) is -0.517. The lowest BCUT2D eigenvalue weighted by Crippen LogP contribution is -2.26. The Labute approximate surface area is 53.6 Å². The first-order chi connectivity index (χ1) is 4.22. The molecule has 9 heavy (non-hydrogen) atoms. The molecule has 0 fully saturated rings. The van der Waals surface area contributed by atoms with Crippen LogP contribution in [0.25, 0.3) is 0 Å². The molecule has 0 aromatic heterocycles. The van der Waals surface area contributed by atoms with Gasteiger partial charge < -0.3 is 15.0 Å². The third-order valence-corrected chi connectivity index (χ3v) is 0.942. The molecule has 0 rings (SSSR count). The molecular formula is C6H10O3. The number of aldehydes is 1. The zero-order valence-electron chi connectivity index (χ0n) is 5.03. The largest absolute Gasteiger partial charge is 0.390 e. The van der Waals surface area contributed by atoms with Crippen LogP contribution in [0.2, 0.25) is 0 Å². The van der Waals surface area contributed by atoms with Gasteiger partial charge in [0.2, 0.25) is 0 Å². The molecule has 2 unspecified atom stereocenters. The Morgan fingerprint density at radius 3 is 2.44 bits per heavy atom. The maximum atomic E-state index is 9.78. The molecule has 0 aromatic rings. The Bertz CT molecular complexity index is 100. The van der Waals surface area contributed by atoms with Gasteiger partial charge in [-0.25, -0.2) is 0 Å². The van der Waals surface area contributed by atoms with Gasteiger partial charge in [0.15, 0.2) is 6.29 Å². The van der Waals surface area contributed by atoms with E-state index in [-0.39, 0.29) is 6.42 Å². The van der Waals surface area contributed by atoms with E-state index in [4.69, 9.17) is 10.2 Å². The maximum absolute atomic E-state index is 9.78. The number of aliphatic hydroxyl groups excluding tert-OH is 2.